The molecule has 0 aliphatic carbocycles. The van der Waals surface area contributed by atoms with Gasteiger partial charge in [-0.05, 0) is 43.2 Å². The summed E-state index contributed by atoms with van der Waals surface area (Å²) < 4.78 is 10.4. The summed E-state index contributed by atoms with van der Waals surface area (Å²) in [6.45, 7) is 4.09. The number of methoxy groups -OCH3 is 1. The van der Waals surface area contributed by atoms with Crippen LogP contribution in [0.2, 0.25) is 0 Å². The van der Waals surface area contributed by atoms with Crippen LogP contribution in [0.3, 0.4) is 0 Å². The highest BCUT2D eigenvalue weighted by Gasteiger charge is 2.35. The molecule has 1 aliphatic heterocycles. The van der Waals surface area contributed by atoms with E-state index < -0.39 is 12.0 Å². The van der Waals surface area contributed by atoms with Gasteiger partial charge in [-0.1, -0.05) is 37.3 Å². The van der Waals surface area contributed by atoms with E-state index >= 15 is 0 Å². The number of benzene rings is 2. The lowest BCUT2D eigenvalue weighted by atomic mass is 9.94. The molecule has 1 unspecified atom stereocenters. The predicted molar refractivity (Wildman–Crippen MR) is 120 cm³/mol. The van der Waals surface area contributed by atoms with E-state index in [4.69, 9.17) is 9.47 Å². The van der Waals surface area contributed by atoms with E-state index in [2.05, 4.69) is 10.6 Å². The van der Waals surface area contributed by atoms with Crippen LogP contribution in [0.5, 0.6) is 5.75 Å². The molecule has 0 fully saturated rings. The Labute approximate surface area is 187 Å². The number of esters is 1. The van der Waals surface area contributed by atoms with Crippen LogP contribution < -0.4 is 15.4 Å². The van der Waals surface area contributed by atoms with E-state index in [1.165, 1.54) is 7.11 Å². The van der Waals surface area contributed by atoms with Crippen molar-refractivity contribution in [1.82, 2.24) is 10.2 Å². The van der Waals surface area contributed by atoms with Gasteiger partial charge in [0.25, 0.3) is 5.91 Å². The normalized spacial score (nSPS) is 15.8. The van der Waals surface area contributed by atoms with Crippen molar-refractivity contribution < 1.29 is 23.9 Å². The van der Waals surface area contributed by atoms with E-state index in [1.807, 2.05) is 25.1 Å². The first-order valence-corrected chi connectivity index (χ1v) is 10.4. The minimum Gasteiger partial charge on any atom is -0.484 e. The molecule has 3 amide bonds. The summed E-state index contributed by atoms with van der Waals surface area (Å²) in [4.78, 5) is 38.8. The van der Waals surface area contributed by atoms with Crippen molar-refractivity contribution in [3.8, 4) is 5.75 Å². The van der Waals surface area contributed by atoms with Gasteiger partial charge in [-0.15, -0.1) is 0 Å². The van der Waals surface area contributed by atoms with E-state index in [-0.39, 0.29) is 18.5 Å². The van der Waals surface area contributed by atoms with E-state index in [9.17, 15) is 14.4 Å². The second kappa shape index (κ2) is 10.5. The number of para-hydroxylation sites is 1. The first-order valence-electron chi connectivity index (χ1n) is 10.4. The second-order valence-corrected chi connectivity index (χ2v) is 7.30. The molecule has 0 spiro atoms. The Hall–Kier alpha value is -3.81. The van der Waals surface area contributed by atoms with Crippen LogP contribution in [0.15, 0.2) is 65.9 Å². The monoisotopic (exact) mass is 437 g/mol. The highest BCUT2D eigenvalue weighted by molar-refractivity contribution is 5.95. The average Bonchev–Trinajstić information content (AvgIpc) is 2.81. The maximum atomic E-state index is 12.6. The third-order valence-corrected chi connectivity index (χ3v) is 5.09. The number of ether oxygens (including phenoxy) is 2. The fourth-order valence-electron chi connectivity index (χ4n) is 3.52. The molecule has 0 saturated heterocycles. The Morgan fingerprint density at radius 1 is 1.09 bits per heavy atom. The molecule has 0 radical (unpaired) electrons. The number of allylic oxidation sites excluding steroid dienone is 1. The van der Waals surface area contributed by atoms with Crippen LogP contribution in [0.4, 0.5) is 10.5 Å². The summed E-state index contributed by atoms with van der Waals surface area (Å²) in [6.07, 6.45) is 0.756. The van der Waals surface area contributed by atoms with E-state index in [1.54, 1.807) is 48.2 Å². The smallest absolute Gasteiger partial charge is 0.337 e. The number of nitrogens with one attached hydrogen (secondary N) is 2. The molecule has 2 N–H and O–H groups in total. The standard InChI is InChI=1S/C24H27N3O5/c1-4-14-27-16(2)21(23(29)31-3)22(26-24(27)30)17-10-12-18(13-11-17)25-20(28)15-32-19-8-6-5-7-9-19/h5-13,22H,4,14-15H2,1-3H3,(H,25,28)(H,26,30). The highest BCUT2D eigenvalue weighted by atomic mass is 16.5. The summed E-state index contributed by atoms with van der Waals surface area (Å²) >= 11 is 0. The number of hydrogen-bond acceptors (Lipinski definition) is 5. The number of carbonyl (C=O) groups is 3. The molecule has 1 heterocycles. The maximum absolute atomic E-state index is 12.6. The van der Waals surface area contributed by atoms with Crippen molar-refractivity contribution in [1.29, 1.82) is 0 Å². The molecular formula is C24H27N3O5. The number of hydrogen-bond donors (Lipinski definition) is 2. The number of amides is 3. The Morgan fingerprint density at radius 2 is 1.78 bits per heavy atom. The Morgan fingerprint density at radius 3 is 2.41 bits per heavy atom. The zero-order chi connectivity index (χ0) is 23.1. The summed E-state index contributed by atoms with van der Waals surface area (Å²) in [5.41, 5.74) is 2.23. The predicted octanol–water partition coefficient (Wildman–Crippen LogP) is 3.63. The molecule has 2 aromatic rings. The van der Waals surface area contributed by atoms with Gasteiger partial charge in [0, 0.05) is 17.9 Å². The van der Waals surface area contributed by atoms with Crippen LogP contribution in [0.25, 0.3) is 0 Å². The average molecular weight is 437 g/mol. The summed E-state index contributed by atoms with van der Waals surface area (Å²) in [7, 11) is 1.32. The number of carbonyl (C=O) groups excluding carboxylic acids is 3. The molecule has 1 atom stereocenters. The van der Waals surface area contributed by atoms with Gasteiger partial charge in [0.15, 0.2) is 6.61 Å². The van der Waals surface area contributed by atoms with Gasteiger partial charge in [-0.2, -0.15) is 0 Å². The SMILES string of the molecule is CCCN1C(=O)NC(c2ccc(NC(=O)COc3ccccc3)cc2)C(C(=O)OC)=C1C. The molecule has 32 heavy (non-hydrogen) atoms. The number of anilines is 1. The van der Waals surface area contributed by atoms with E-state index in [0.29, 0.717) is 34.8 Å². The topological polar surface area (TPSA) is 97.0 Å². The van der Waals surface area contributed by atoms with E-state index in [0.717, 1.165) is 6.42 Å². The fraction of sp³-hybridized carbons (Fsp3) is 0.292. The van der Waals surface area contributed by atoms with Crippen molar-refractivity contribution in [2.75, 3.05) is 25.6 Å². The summed E-state index contributed by atoms with van der Waals surface area (Å²) in [6, 6.07) is 15.1. The maximum Gasteiger partial charge on any atom is 0.337 e. The lowest BCUT2D eigenvalue weighted by Crippen LogP contribution is -2.48. The van der Waals surface area contributed by atoms with Gasteiger partial charge in [0.2, 0.25) is 0 Å². The molecule has 8 heteroatoms. The molecule has 3 rings (SSSR count). The third kappa shape index (κ3) is 5.26. The largest absolute Gasteiger partial charge is 0.484 e. The Bertz CT molecular complexity index is 1000. The molecule has 2 aromatic carbocycles. The van der Waals surface area contributed by atoms with Crippen molar-refractivity contribution in [2.45, 2.75) is 26.3 Å². The number of urea groups is 1. The molecular weight excluding hydrogens is 410 g/mol. The lowest BCUT2D eigenvalue weighted by molar-refractivity contribution is -0.136. The molecule has 8 nitrogen and oxygen atoms in total. The van der Waals surface area contributed by atoms with Crippen LogP contribution in [0.1, 0.15) is 31.9 Å². The fourth-order valence-corrected chi connectivity index (χ4v) is 3.52. The van der Waals surface area contributed by atoms with Gasteiger partial charge < -0.3 is 20.1 Å². The zero-order valence-corrected chi connectivity index (χ0v) is 18.4. The Balaban J connectivity index is 1.73. The minimum absolute atomic E-state index is 0.119. The van der Waals surface area contributed by atoms with Crippen LogP contribution in [-0.2, 0) is 14.3 Å². The minimum atomic E-state index is -0.644. The van der Waals surface area contributed by atoms with Crippen molar-refractivity contribution in [3.05, 3.63) is 71.4 Å². The quantitative estimate of drug-likeness (QED) is 0.615. The molecule has 0 bridgehead atoms. The third-order valence-electron chi connectivity index (χ3n) is 5.09. The molecule has 168 valence electrons. The second-order valence-electron chi connectivity index (χ2n) is 7.30. The van der Waals surface area contributed by atoms with Gasteiger partial charge in [-0.25, -0.2) is 9.59 Å². The Kier molecular flexibility index (Phi) is 7.49. The number of rotatable bonds is 8. The lowest BCUT2D eigenvalue weighted by Gasteiger charge is -2.35. The molecule has 0 aromatic heterocycles. The van der Waals surface area contributed by atoms with Crippen molar-refractivity contribution in [3.63, 3.8) is 0 Å². The van der Waals surface area contributed by atoms with Crippen molar-refractivity contribution in [2.24, 2.45) is 0 Å². The van der Waals surface area contributed by atoms with Crippen LogP contribution >= 0.6 is 0 Å². The van der Waals surface area contributed by atoms with Crippen molar-refractivity contribution >= 4 is 23.6 Å². The van der Waals surface area contributed by atoms with Gasteiger partial charge in [0.1, 0.15) is 5.75 Å². The van der Waals surface area contributed by atoms with Crippen LogP contribution in [-0.4, -0.2) is 43.1 Å². The van der Waals surface area contributed by atoms with Gasteiger partial charge in [-0.3, -0.25) is 9.69 Å². The summed E-state index contributed by atoms with van der Waals surface area (Å²) in [5, 5.41) is 5.65. The number of nitrogens with zero attached hydrogens (tertiary/aromatic N) is 1. The van der Waals surface area contributed by atoms with Gasteiger partial charge >= 0.3 is 12.0 Å². The van der Waals surface area contributed by atoms with Gasteiger partial charge in [0.05, 0.1) is 18.7 Å². The molecule has 0 saturated carbocycles. The first kappa shape index (κ1) is 22.9. The highest BCUT2D eigenvalue weighted by Crippen LogP contribution is 2.31. The molecule has 1 aliphatic rings. The zero-order valence-electron chi connectivity index (χ0n) is 18.4. The first-order chi connectivity index (χ1) is 15.4. The van der Waals surface area contributed by atoms with Crippen LogP contribution in [0, 0.1) is 0 Å². The summed E-state index contributed by atoms with van der Waals surface area (Å²) in [5.74, 6) is -0.182.